The second-order valence-corrected chi connectivity index (χ2v) is 7.43. The molecule has 1 aliphatic rings. The number of nitrogens with one attached hydrogen (secondary N) is 2. The van der Waals surface area contributed by atoms with E-state index in [1.54, 1.807) is 12.1 Å². The molecule has 24 heavy (non-hydrogen) atoms. The molecular formula is C19H16BrClN2O. The topological polar surface area (TPSA) is 44.9 Å². The van der Waals surface area contributed by atoms with Crippen molar-refractivity contribution in [3.8, 4) is 0 Å². The van der Waals surface area contributed by atoms with E-state index in [1.807, 2.05) is 18.2 Å². The van der Waals surface area contributed by atoms with E-state index in [0.717, 1.165) is 34.9 Å². The molecule has 0 fully saturated rings. The van der Waals surface area contributed by atoms with E-state index in [9.17, 15) is 4.79 Å². The lowest BCUT2D eigenvalue weighted by Crippen LogP contribution is -2.31. The summed E-state index contributed by atoms with van der Waals surface area (Å²) in [7, 11) is 0. The summed E-state index contributed by atoms with van der Waals surface area (Å²) in [6.45, 7) is 0. The summed E-state index contributed by atoms with van der Waals surface area (Å²) in [4.78, 5) is 16.1. The van der Waals surface area contributed by atoms with Gasteiger partial charge in [-0.3, -0.25) is 4.79 Å². The van der Waals surface area contributed by atoms with Crippen LogP contribution in [0.15, 0.2) is 46.9 Å². The summed E-state index contributed by atoms with van der Waals surface area (Å²) in [5, 5.41) is 4.85. The first kappa shape index (κ1) is 15.7. The van der Waals surface area contributed by atoms with Gasteiger partial charge in [-0.1, -0.05) is 39.7 Å². The van der Waals surface area contributed by atoms with Gasteiger partial charge in [0.15, 0.2) is 0 Å². The number of hydrogen-bond acceptors (Lipinski definition) is 1. The van der Waals surface area contributed by atoms with Crippen LogP contribution in [0.3, 0.4) is 0 Å². The molecule has 1 heterocycles. The molecule has 0 aliphatic heterocycles. The Kier molecular flexibility index (Phi) is 4.10. The van der Waals surface area contributed by atoms with Gasteiger partial charge in [-0.2, -0.15) is 0 Å². The number of hydrogen-bond donors (Lipinski definition) is 2. The molecule has 0 saturated carbocycles. The van der Waals surface area contributed by atoms with Crippen LogP contribution in [0, 0.1) is 0 Å². The van der Waals surface area contributed by atoms with Gasteiger partial charge in [0.25, 0.3) is 5.91 Å². The molecule has 3 nitrogen and oxygen atoms in total. The fourth-order valence-corrected chi connectivity index (χ4v) is 4.04. The van der Waals surface area contributed by atoms with Crippen molar-refractivity contribution in [2.75, 3.05) is 0 Å². The van der Waals surface area contributed by atoms with Crippen LogP contribution in [0.25, 0.3) is 10.9 Å². The van der Waals surface area contributed by atoms with E-state index in [4.69, 9.17) is 11.6 Å². The van der Waals surface area contributed by atoms with Gasteiger partial charge >= 0.3 is 0 Å². The Morgan fingerprint density at radius 2 is 2.08 bits per heavy atom. The third-order valence-corrected chi connectivity index (χ3v) is 5.42. The van der Waals surface area contributed by atoms with Crippen molar-refractivity contribution >= 4 is 44.3 Å². The second kappa shape index (κ2) is 6.26. The maximum Gasteiger partial charge on any atom is 0.253 e. The summed E-state index contributed by atoms with van der Waals surface area (Å²) < 4.78 is 1.07. The Morgan fingerprint density at radius 1 is 1.25 bits per heavy atom. The maximum absolute atomic E-state index is 12.6. The standard InChI is InChI=1S/C19H16BrClN2O/c20-11-8-9-16-14(10-11)12-5-3-7-17(18(12)22-16)23-19(24)13-4-1-2-6-15(13)21/h1-2,4,6,8-10,17,22H,3,5,7H2,(H,23,24). The van der Waals surface area contributed by atoms with E-state index in [2.05, 4.69) is 38.4 Å². The summed E-state index contributed by atoms with van der Waals surface area (Å²) in [6, 6.07) is 13.4. The highest BCUT2D eigenvalue weighted by Gasteiger charge is 2.26. The third kappa shape index (κ3) is 2.74. The normalized spacial score (nSPS) is 16.8. The van der Waals surface area contributed by atoms with Crippen molar-refractivity contribution in [3.63, 3.8) is 0 Å². The molecule has 1 atom stereocenters. The number of fused-ring (bicyclic) bond motifs is 3. The van der Waals surface area contributed by atoms with Crippen LogP contribution in [0.5, 0.6) is 0 Å². The zero-order chi connectivity index (χ0) is 16.7. The summed E-state index contributed by atoms with van der Waals surface area (Å²) >= 11 is 9.69. The Bertz CT molecular complexity index is 934. The Hall–Kier alpha value is -1.78. The van der Waals surface area contributed by atoms with Crippen LogP contribution in [0.1, 0.15) is 40.5 Å². The number of aromatic amines is 1. The first-order valence-corrected chi connectivity index (χ1v) is 9.16. The van der Waals surface area contributed by atoms with Gasteiger partial charge in [0.2, 0.25) is 0 Å². The Labute approximate surface area is 153 Å². The van der Waals surface area contributed by atoms with Crippen molar-refractivity contribution in [2.45, 2.75) is 25.3 Å². The van der Waals surface area contributed by atoms with Crippen molar-refractivity contribution in [1.29, 1.82) is 0 Å². The predicted octanol–water partition coefficient (Wildman–Crippen LogP) is 5.39. The zero-order valence-electron chi connectivity index (χ0n) is 12.9. The van der Waals surface area contributed by atoms with Crippen molar-refractivity contribution in [2.24, 2.45) is 0 Å². The lowest BCUT2D eigenvalue weighted by molar-refractivity contribution is 0.0932. The molecule has 1 amide bonds. The molecule has 122 valence electrons. The zero-order valence-corrected chi connectivity index (χ0v) is 15.2. The van der Waals surface area contributed by atoms with E-state index in [1.165, 1.54) is 10.9 Å². The minimum atomic E-state index is -0.127. The van der Waals surface area contributed by atoms with Crippen LogP contribution in [0.4, 0.5) is 0 Å². The minimum Gasteiger partial charge on any atom is -0.356 e. The number of rotatable bonds is 2. The molecule has 2 N–H and O–H groups in total. The van der Waals surface area contributed by atoms with Gasteiger partial charge in [-0.15, -0.1) is 0 Å². The molecule has 1 unspecified atom stereocenters. The number of benzene rings is 2. The molecule has 0 spiro atoms. The molecular weight excluding hydrogens is 388 g/mol. The number of aromatic nitrogens is 1. The first-order chi connectivity index (χ1) is 11.6. The monoisotopic (exact) mass is 402 g/mol. The maximum atomic E-state index is 12.6. The number of amides is 1. The van der Waals surface area contributed by atoms with Crippen molar-refractivity contribution < 1.29 is 4.79 Å². The summed E-state index contributed by atoms with van der Waals surface area (Å²) in [6.07, 6.45) is 3.02. The van der Waals surface area contributed by atoms with Gasteiger partial charge in [-0.25, -0.2) is 0 Å². The average Bonchev–Trinajstić information content (AvgIpc) is 2.94. The Morgan fingerprint density at radius 3 is 2.92 bits per heavy atom. The highest BCUT2D eigenvalue weighted by Crippen LogP contribution is 2.36. The molecule has 3 aromatic rings. The van der Waals surface area contributed by atoms with Gasteiger partial charge < -0.3 is 10.3 Å². The summed E-state index contributed by atoms with van der Waals surface area (Å²) in [5.41, 5.74) is 4.06. The van der Waals surface area contributed by atoms with E-state index >= 15 is 0 Å². The van der Waals surface area contributed by atoms with Crippen LogP contribution in [0.2, 0.25) is 5.02 Å². The molecule has 0 radical (unpaired) electrons. The van der Waals surface area contributed by atoms with Crippen LogP contribution in [-0.2, 0) is 6.42 Å². The number of halogens is 2. The molecule has 1 aromatic heterocycles. The van der Waals surface area contributed by atoms with Gasteiger partial charge in [0, 0.05) is 21.1 Å². The molecule has 5 heteroatoms. The first-order valence-electron chi connectivity index (χ1n) is 7.99. The highest BCUT2D eigenvalue weighted by molar-refractivity contribution is 9.10. The number of H-pyrrole nitrogens is 1. The molecule has 4 rings (SSSR count). The number of carbonyl (C=O) groups is 1. The minimum absolute atomic E-state index is 0.0105. The fourth-order valence-electron chi connectivity index (χ4n) is 3.46. The fraction of sp³-hybridized carbons (Fsp3) is 0.211. The van der Waals surface area contributed by atoms with E-state index < -0.39 is 0 Å². The van der Waals surface area contributed by atoms with Gasteiger partial charge in [0.1, 0.15) is 0 Å². The summed E-state index contributed by atoms with van der Waals surface area (Å²) in [5.74, 6) is -0.127. The van der Waals surface area contributed by atoms with E-state index in [-0.39, 0.29) is 11.9 Å². The average molecular weight is 404 g/mol. The number of carbonyl (C=O) groups excluding carboxylic acids is 1. The lowest BCUT2D eigenvalue weighted by Gasteiger charge is -2.24. The smallest absolute Gasteiger partial charge is 0.253 e. The SMILES string of the molecule is O=C(NC1CCCc2c1[nH]c1ccc(Br)cc21)c1ccccc1Cl. The lowest BCUT2D eigenvalue weighted by atomic mass is 9.91. The van der Waals surface area contributed by atoms with Crippen LogP contribution < -0.4 is 5.32 Å². The molecule has 0 bridgehead atoms. The quantitative estimate of drug-likeness (QED) is 0.592. The molecule has 1 aliphatic carbocycles. The third-order valence-electron chi connectivity index (χ3n) is 4.59. The predicted molar refractivity (Wildman–Crippen MR) is 101 cm³/mol. The number of aryl methyl sites for hydroxylation is 1. The Balaban J connectivity index is 1.68. The second-order valence-electron chi connectivity index (χ2n) is 6.11. The largest absolute Gasteiger partial charge is 0.356 e. The highest BCUT2D eigenvalue weighted by atomic mass is 79.9. The van der Waals surface area contributed by atoms with Crippen LogP contribution >= 0.6 is 27.5 Å². The van der Waals surface area contributed by atoms with Gasteiger partial charge in [-0.05, 0) is 55.2 Å². The van der Waals surface area contributed by atoms with Crippen LogP contribution in [-0.4, -0.2) is 10.9 Å². The molecule has 0 saturated heterocycles. The molecule has 2 aromatic carbocycles. The van der Waals surface area contributed by atoms with Crippen molar-refractivity contribution in [3.05, 3.63) is 68.8 Å². The van der Waals surface area contributed by atoms with E-state index in [0.29, 0.717) is 10.6 Å². The van der Waals surface area contributed by atoms with Crippen molar-refractivity contribution in [1.82, 2.24) is 10.3 Å². The van der Waals surface area contributed by atoms with Gasteiger partial charge in [0.05, 0.1) is 16.6 Å².